The fourth-order valence-corrected chi connectivity index (χ4v) is 4.55. The molecule has 146 valence electrons. The largest absolute Gasteiger partial charge is 0.496 e. The summed E-state index contributed by atoms with van der Waals surface area (Å²) < 4.78 is 14.1. The maximum Gasteiger partial charge on any atom is 0.191 e. The molecule has 1 aliphatic carbocycles. The standard InChI is InChI=1S/C21H22BrN3O2S/c1-26-18-11-17(22)19(27-2)10-16(18)13-28-21-24-23-20(15-8-9-15)25(21)12-14-6-4-3-5-7-14/h3-7,10-11,15H,8-9,12-13H2,1-2H3. The molecule has 1 aromatic heterocycles. The summed E-state index contributed by atoms with van der Waals surface area (Å²) in [6.45, 7) is 0.794. The maximum atomic E-state index is 5.55. The van der Waals surface area contributed by atoms with E-state index in [1.807, 2.05) is 18.2 Å². The van der Waals surface area contributed by atoms with Crippen LogP contribution >= 0.6 is 27.7 Å². The monoisotopic (exact) mass is 459 g/mol. The van der Waals surface area contributed by atoms with E-state index < -0.39 is 0 Å². The fraction of sp³-hybridized carbons (Fsp3) is 0.333. The van der Waals surface area contributed by atoms with Gasteiger partial charge in [0.15, 0.2) is 5.16 Å². The molecular formula is C21H22BrN3O2S. The summed E-state index contributed by atoms with van der Waals surface area (Å²) in [4.78, 5) is 0. The number of hydrogen-bond acceptors (Lipinski definition) is 5. The zero-order valence-corrected chi connectivity index (χ0v) is 18.3. The summed E-state index contributed by atoms with van der Waals surface area (Å²) in [5, 5.41) is 9.94. The first-order valence-electron chi connectivity index (χ1n) is 9.19. The normalized spacial score (nSPS) is 13.5. The Hall–Kier alpha value is -1.99. The molecule has 28 heavy (non-hydrogen) atoms. The van der Waals surface area contributed by atoms with E-state index in [-0.39, 0.29) is 0 Å². The number of benzene rings is 2. The third-order valence-corrected chi connectivity index (χ3v) is 6.42. The molecule has 0 N–H and O–H groups in total. The van der Waals surface area contributed by atoms with Gasteiger partial charge in [-0.1, -0.05) is 42.1 Å². The molecule has 1 heterocycles. The number of rotatable bonds is 8. The smallest absolute Gasteiger partial charge is 0.191 e. The van der Waals surface area contributed by atoms with E-state index in [0.29, 0.717) is 5.92 Å². The molecule has 1 aliphatic rings. The van der Waals surface area contributed by atoms with Gasteiger partial charge in [-0.15, -0.1) is 10.2 Å². The van der Waals surface area contributed by atoms with Crippen LogP contribution in [0.25, 0.3) is 0 Å². The van der Waals surface area contributed by atoms with Crippen LogP contribution in [0.15, 0.2) is 52.1 Å². The minimum Gasteiger partial charge on any atom is -0.496 e. The Morgan fingerprint density at radius 1 is 1.07 bits per heavy atom. The lowest BCUT2D eigenvalue weighted by atomic mass is 10.2. The molecule has 3 aromatic rings. The molecule has 1 fully saturated rings. The predicted octanol–water partition coefficient (Wildman–Crippen LogP) is 5.28. The second-order valence-electron chi connectivity index (χ2n) is 6.77. The number of halogens is 1. The zero-order valence-electron chi connectivity index (χ0n) is 15.9. The summed E-state index contributed by atoms with van der Waals surface area (Å²) in [5.41, 5.74) is 2.32. The van der Waals surface area contributed by atoms with Crippen LogP contribution in [0.2, 0.25) is 0 Å². The molecule has 5 nitrogen and oxygen atoms in total. The molecule has 4 rings (SSSR count). The number of ether oxygens (including phenoxy) is 2. The Bertz CT molecular complexity index is 958. The lowest BCUT2D eigenvalue weighted by Crippen LogP contribution is -2.06. The minimum absolute atomic E-state index is 0.549. The van der Waals surface area contributed by atoms with Gasteiger partial charge in [0.05, 0.1) is 25.2 Å². The van der Waals surface area contributed by atoms with Gasteiger partial charge in [-0.25, -0.2) is 0 Å². The predicted molar refractivity (Wildman–Crippen MR) is 114 cm³/mol. The Morgan fingerprint density at radius 3 is 2.50 bits per heavy atom. The Kier molecular flexibility index (Phi) is 5.92. The fourth-order valence-electron chi connectivity index (χ4n) is 3.14. The average Bonchev–Trinajstić information content (AvgIpc) is 3.49. The zero-order chi connectivity index (χ0) is 19.5. The summed E-state index contributed by atoms with van der Waals surface area (Å²) >= 11 is 5.19. The van der Waals surface area contributed by atoms with Crippen LogP contribution in [-0.4, -0.2) is 29.0 Å². The van der Waals surface area contributed by atoms with E-state index in [0.717, 1.165) is 44.8 Å². The highest BCUT2D eigenvalue weighted by Gasteiger charge is 2.30. The van der Waals surface area contributed by atoms with Crippen LogP contribution in [0.4, 0.5) is 0 Å². The second kappa shape index (κ2) is 8.57. The summed E-state index contributed by atoms with van der Waals surface area (Å²) in [6.07, 6.45) is 2.41. The molecule has 0 saturated heterocycles. The molecule has 1 saturated carbocycles. The Labute approximate surface area is 177 Å². The molecule has 0 atom stereocenters. The van der Waals surface area contributed by atoms with Crippen LogP contribution in [0.1, 0.15) is 35.7 Å². The van der Waals surface area contributed by atoms with Crippen molar-refractivity contribution in [1.82, 2.24) is 14.8 Å². The third-order valence-electron chi connectivity index (χ3n) is 4.78. The molecule has 0 amide bonds. The van der Waals surface area contributed by atoms with Crippen molar-refractivity contribution in [1.29, 1.82) is 0 Å². The van der Waals surface area contributed by atoms with E-state index in [4.69, 9.17) is 9.47 Å². The quantitative estimate of drug-likeness (QED) is 0.429. The van der Waals surface area contributed by atoms with Crippen molar-refractivity contribution in [2.75, 3.05) is 14.2 Å². The highest BCUT2D eigenvalue weighted by molar-refractivity contribution is 9.10. The van der Waals surface area contributed by atoms with Crippen molar-refractivity contribution in [3.63, 3.8) is 0 Å². The molecule has 0 aliphatic heterocycles. The first kappa shape index (κ1) is 19.3. The molecule has 2 aromatic carbocycles. The summed E-state index contributed by atoms with van der Waals surface area (Å²) in [6, 6.07) is 14.4. The van der Waals surface area contributed by atoms with Gasteiger partial charge in [-0.2, -0.15) is 0 Å². The second-order valence-corrected chi connectivity index (χ2v) is 8.57. The van der Waals surface area contributed by atoms with Gasteiger partial charge >= 0.3 is 0 Å². The highest BCUT2D eigenvalue weighted by atomic mass is 79.9. The van der Waals surface area contributed by atoms with Gasteiger partial charge in [0, 0.05) is 17.2 Å². The maximum absolute atomic E-state index is 5.55. The lowest BCUT2D eigenvalue weighted by molar-refractivity contribution is 0.398. The van der Waals surface area contributed by atoms with Crippen LogP contribution in [0, 0.1) is 0 Å². The first-order valence-corrected chi connectivity index (χ1v) is 11.0. The van der Waals surface area contributed by atoms with Gasteiger partial charge in [0.1, 0.15) is 17.3 Å². The molecule has 0 spiro atoms. The van der Waals surface area contributed by atoms with E-state index >= 15 is 0 Å². The van der Waals surface area contributed by atoms with Crippen molar-refractivity contribution in [2.24, 2.45) is 0 Å². The number of thioether (sulfide) groups is 1. The van der Waals surface area contributed by atoms with Crippen molar-refractivity contribution < 1.29 is 9.47 Å². The van der Waals surface area contributed by atoms with Crippen LogP contribution in [0.3, 0.4) is 0 Å². The summed E-state index contributed by atoms with van der Waals surface area (Å²) in [7, 11) is 3.35. The Balaban J connectivity index is 1.59. The van der Waals surface area contributed by atoms with E-state index in [1.165, 1.54) is 18.4 Å². The average molecular weight is 460 g/mol. The molecule has 0 radical (unpaired) electrons. The molecular weight excluding hydrogens is 438 g/mol. The highest BCUT2D eigenvalue weighted by Crippen LogP contribution is 2.41. The number of nitrogens with zero attached hydrogens (tertiary/aromatic N) is 3. The summed E-state index contributed by atoms with van der Waals surface area (Å²) in [5.74, 6) is 4.00. The van der Waals surface area contributed by atoms with E-state index in [1.54, 1.807) is 26.0 Å². The number of hydrogen-bond donors (Lipinski definition) is 0. The van der Waals surface area contributed by atoms with Gasteiger partial charge in [-0.3, -0.25) is 0 Å². The van der Waals surface area contributed by atoms with Gasteiger partial charge in [0.2, 0.25) is 0 Å². The molecule has 0 bridgehead atoms. The van der Waals surface area contributed by atoms with E-state index in [9.17, 15) is 0 Å². The van der Waals surface area contributed by atoms with Crippen LogP contribution in [-0.2, 0) is 12.3 Å². The van der Waals surface area contributed by atoms with Crippen molar-refractivity contribution in [3.05, 3.63) is 63.9 Å². The Morgan fingerprint density at radius 2 is 1.82 bits per heavy atom. The SMILES string of the molecule is COc1cc(CSc2nnc(C3CC3)n2Cc2ccccc2)c(OC)cc1Br. The molecule has 7 heteroatoms. The number of methoxy groups -OCH3 is 2. The lowest BCUT2D eigenvalue weighted by Gasteiger charge is -2.13. The van der Waals surface area contributed by atoms with Crippen molar-refractivity contribution in [3.8, 4) is 11.5 Å². The first-order chi connectivity index (χ1) is 13.7. The topological polar surface area (TPSA) is 49.2 Å². The van der Waals surface area contributed by atoms with Crippen LogP contribution in [0.5, 0.6) is 11.5 Å². The van der Waals surface area contributed by atoms with Gasteiger partial charge in [-0.05, 0) is 46.5 Å². The van der Waals surface area contributed by atoms with Gasteiger partial charge in [0.25, 0.3) is 0 Å². The molecule has 0 unspecified atom stereocenters. The van der Waals surface area contributed by atoms with E-state index in [2.05, 4.69) is 55.0 Å². The van der Waals surface area contributed by atoms with Crippen molar-refractivity contribution >= 4 is 27.7 Å². The number of aromatic nitrogens is 3. The van der Waals surface area contributed by atoms with Gasteiger partial charge < -0.3 is 14.0 Å². The minimum atomic E-state index is 0.549. The third kappa shape index (κ3) is 4.20. The van der Waals surface area contributed by atoms with Crippen molar-refractivity contribution in [2.45, 2.75) is 36.2 Å². The van der Waals surface area contributed by atoms with Crippen LogP contribution < -0.4 is 9.47 Å².